The molecule has 0 saturated carbocycles. The SMILES string of the molecule is O=C(Nc1ccc(Cl)c(O)c1)c1ccc(Cl)o1. The first kappa shape index (κ1) is 11.8. The molecule has 4 nitrogen and oxygen atoms in total. The second-order valence-electron chi connectivity index (χ2n) is 3.22. The van der Waals surface area contributed by atoms with E-state index in [4.69, 9.17) is 27.6 Å². The maximum absolute atomic E-state index is 11.6. The Morgan fingerprint density at radius 3 is 2.59 bits per heavy atom. The van der Waals surface area contributed by atoms with Crippen LogP contribution in [-0.4, -0.2) is 11.0 Å². The molecule has 0 spiro atoms. The first-order valence-electron chi connectivity index (χ1n) is 4.61. The first-order chi connectivity index (χ1) is 8.06. The number of furan rings is 1. The predicted octanol–water partition coefficient (Wildman–Crippen LogP) is 3.54. The Morgan fingerprint density at radius 1 is 1.24 bits per heavy atom. The van der Waals surface area contributed by atoms with E-state index in [0.717, 1.165) is 0 Å². The lowest BCUT2D eigenvalue weighted by atomic mass is 10.3. The average molecular weight is 272 g/mol. The molecule has 0 aliphatic carbocycles. The third kappa shape index (κ3) is 2.72. The summed E-state index contributed by atoms with van der Waals surface area (Å²) in [5.41, 5.74) is 0.407. The van der Waals surface area contributed by atoms with Crippen LogP contribution < -0.4 is 5.32 Å². The number of aromatic hydroxyl groups is 1. The fourth-order valence-electron chi connectivity index (χ4n) is 1.22. The lowest BCUT2D eigenvalue weighted by molar-refractivity contribution is 0.0997. The summed E-state index contributed by atoms with van der Waals surface area (Å²) in [5.74, 6) is -0.481. The molecule has 17 heavy (non-hydrogen) atoms. The van der Waals surface area contributed by atoms with Gasteiger partial charge in [-0.1, -0.05) is 11.6 Å². The second-order valence-corrected chi connectivity index (χ2v) is 4.00. The summed E-state index contributed by atoms with van der Waals surface area (Å²) in [4.78, 5) is 11.6. The van der Waals surface area contributed by atoms with Crippen LogP contribution in [0.2, 0.25) is 10.2 Å². The van der Waals surface area contributed by atoms with Crippen molar-refractivity contribution in [1.29, 1.82) is 0 Å². The van der Waals surface area contributed by atoms with Gasteiger partial charge in [0.25, 0.3) is 5.91 Å². The molecule has 2 N–H and O–H groups in total. The number of nitrogens with one attached hydrogen (secondary N) is 1. The molecule has 0 atom stereocenters. The minimum absolute atomic E-state index is 0.0874. The number of hydrogen-bond acceptors (Lipinski definition) is 3. The van der Waals surface area contributed by atoms with E-state index in [9.17, 15) is 9.90 Å². The third-order valence-electron chi connectivity index (χ3n) is 2.00. The number of benzene rings is 1. The molecule has 2 aromatic rings. The van der Waals surface area contributed by atoms with Crippen molar-refractivity contribution < 1.29 is 14.3 Å². The summed E-state index contributed by atoms with van der Waals surface area (Å²) in [7, 11) is 0. The molecule has 1 heterocycles. The van der Waals surface area contributed by atoms with E-state index < -0.39 is 5.91 Å². The second kappa shape index (κ2) is 4.69. The molecule has 0 bridgehead atoms. The molecule has 0 unspecified atom stereocenters. The van der Waals surface area contributed by atoms with Crippen LogP contribution in [0, 0.1) is 0 Å². The number of hydrogen-bond donors (Lipinski definition) is 2. The van der Waals surface area contributed by atoms with E-state index >= 15 is 0 Å². The van der Waals surface area contributed by atoms with E-state index in [-0.39, 0.29) is 21.8 Å². The van der Waals surface area contributed by atoms with Gasteiger partial charge in [0, 0.05) is 11.8 Å². The standard InChI is InChI=1S/C11H7Cl2NO3/c12-7-2-1-6(5-8(7)15)14-11(16)9-3-4-10(13)17-9/h1-5,15H,(H,14,16). The molecule has 0 saturated heterocycles. The maximum atomic E-state index is 11.6. The number of anilines is 1. The minimum atomic E-state index is -0.460. The van der Waals surface area contributed by atoms with E-state index in [1.165, 1.54) is 24.3 Å². The van der Waals surface area contributed by atoms with E-state index in [1.807, 2.05) is 0 Å². The smallest absolute Gasteiger partial charge is 0.291 e. The molecule has 2 rings (SSSR count). The highest BCUT2D eigenvalue weighted by Gasteiger charge is 2.11. The number of amides is 1. The zero-order valence-electron chi connectivity index (χ0n) is 8.41. The highest BCUT2D eigenvalue weighted by Crippen LogP contribution is 2.26. The van der Waals surface area contributed by atoms with Gasteiger partial charge in [0.15, 0.2) is 11.0 Å². The van der Waals surface area contributed by atoms with Gasteiger partial charge in [-0.3, -0.25) is 4.79 Å². The van der Waals surface area contributed by atoms with Crippen LogP contribution in [0.3, 0.4) is 0 Å². The molecule has 88 valence electrons. The van der Waals surface area contributed by atoms with Crippen LogP contribution >= 0.6 is 23.2 Å². The van der Waals surface area contributed by atoms with Gasteiger partial charge in [-0.2, -0.15) is 0 Å². The molecule has 0 aliphatic heterocycles. The van der Waals surface area contributed by atoms with Crippen molar-refractivity contribution in [3.05, 3.63) is 46.3 Å². The van der Waals surface area contributed by atoms with Crippen LogP contribution in [0.1, 0.15) is 10.6 Å². The van der Waals surface area contributed by atoms with Gasteiger partial charge in [0.05, 0.1) is 5.02 Å². The molecule has 0 aliphatic rings. The average Bonchev–Trinajstić information content (AvgIpc) is 2.70. The topological polar surface area (TPSA) is 62.5 Å². The van der Waals surface area contributed by atoms with Crippen LogP contribution in [0.15, 0.2) is 34.7 Å². The Labute approximate surface area is 107 Å². The normalized spacial score (nSPS) is 10.2. The zero-order chi connectivity index (χ0) is 12.4. The Bertz CT molecular complexity index is 566. The Morgan fingerprint density at radius 2 is 2.00 bits per heavy atom. The Kier molecular flexibility index (Phi) is 3.26. The number of halogens is 2. The van der Waals surface area contributed by atoms with Gasteiger partial charge in [0.2, 0.25) is 0 Å². The van der Waals surface area contributed by atoms with Gasteiger partial charge in [-0.15, -0.1) is 0 Å². The summed E-state index contributed by atoms with van der Waals surface area (Å²) in [6, 6.07) is 7.29. The number of carbonyl (C=O) groups excluding carboxylic acids is 1. The molecule has 1 aromatic carbocycles. The van der Waals surface area contributed by atoms with Crippen LogP contribution in [0.4, 0.5) is 5.69 Å². The summed E-state index contributed by atoms with van der Waals surface area (Å²) in [5, 5.41) is 12.2. The fraction of sp³-hybridized carbons (Fsp3) is 0. The van der Waals surface area contributed by atoms with E-state index in [0.29, 0.717) is 5.69 Å². The fourth-order valence-corrected chi connectivity index (χ4v) is 1.48. The number of phenols is 1. The maximum Gasteiger partial charge on any atom is 0.291 e. The summed E-state index contributed by atoms with van der Waals surface area (Å²) >= 11 is 11.2. The van der Waals surface area contributed by atoms with Crippen LogP contribution in [0.5, 0.6) is 5.75 Å². The van der Waals surface area contributed by atoms with E-state index in [1.54, 1.807) is 6.07 Å². The van der Waals surface area contributed by atoms with Gasteiger partial charge in [-0.25, -0.2) is 0 Å². The van der Waals surface area contributed by atoms with Crippen molar-refractivity contribution >= 4 is 34.8 Å². The summed E-state index contributed by atoms with van der Waals surface area (Å²) in [6.07, 6.45) is 0. The summed E-state index contributed by atoms with van der Waals surface area (Å²) < 4.78 is 4.94. The minimum Gasteiger partial charge on any atom is -0.506 e. The number of phenolic OH excluding ortho intramolecular Hbond substituents is 1. The monoisotopic (exact) mass is 271 g/mol. The summed E-state index contributed by atoms with van der Waals surface area (Å²) in [6.45, 7) is 0. The molecule has 6 heteroatoms. The van der Waals surface area contributed by atoms with Gasteiger partial charge < -0.3 is 14.8 Å². The van der Waals surface area contributed by atoms with Crippen molar-refractivity contribution in [3.63, 3.8) is 0 Å². The Hall–Kier alpha value is -1.65. The molecule has 1 aromatic heterocycles. The van der Waals surface area contributed by atoms with Crippen molar-refractivity contribution in [2.45, 2.75) is 0 Å². The molecule has 1 amide bonds. The predicted molar refractivity (Wildman–Crippen MR) is 64.8 cm³/mol. The highest BCUT2D eigenvalue weighted by molar-refractivity contribution is 6.32. The third-order valence-corrected chi connectivity index (χ3v) is 2.52. The lowest BCUT2D eigenvalue weighted by Crippen LogP contribution is -2.10. The molecular weight excluding hydrogens is 265 g/mol. The van der Waals surface area contributed by atoms with Gasteiger partial charge in [-0.05, 0) is 35.9 Å². The lowest BCUT2D eigenvalue weighted by Gasteiger charge is -2.04. The van der Waals surface area contributed by atoms with Crippen molar-refractivity contribution in [1.82, 2.24) is 0 Å². The highest BCUT2D eigenvalue weighted by atomic mass is 35.5. The van der Waals surface area contributed by atoms with Gasteiger partial charge >= 0.3 is 0 Å². The van der Waals surface area contributed by atoms with Crippen molar-refractivity contribution in [3.8, 4) is 5.75 Å². The molecular formula is C11H7Cl2NO3. The first-order valence-corrected chi connectivity index (χ1v) is 5.37. The zero-order valence-corrected chi connectivity index (χ0v) is 9.92. The number of rotatable bonds is 2. The molecule has 0 radical (unpaired) electrons. The molecule has 0 fully saturated rings. The van der Waals surface area contributed by atoms with Crippen molar-refractivity contribution in [2.24, 2.45) is 0 Å². The van der Waals surface area contributed by atoms with Crippen LogP contribution in [0.25, 0.3) is 0 Å². The largest absolute Gasteiger partial charge is 0.506 e. The number of carbonyl (C=O) groups is 1. The quantitative estimate of drug-likeness (QED) is 0.878. The van der Waals surface area contributed by atoms with Crippen molar-refractivity contribution in [2.75, 3.05) is 5.32 Å². The Balaban J connectivity index is 2.15. The van der Waals surface area contributed by atoms with Gasteiger partial charge in [0.1, 0.15) is 5.75 Å². The van der Waals surface area contributed by atoms with Crippen LogP contribution in [-0.2, 0) is 0 Å². The van der Waals surface area contributed by atoms with E-state index in [2.05, 4.69) is 5.32 Å².